The first-order valence-electron chi connectivity index (χ1n) is 30.5. The molecule has 89 heavy (non-hydrogen) atoms. The molecule has 1 aromatic rings. The molecule has 15 atom stereocenters. The van der Waals surface area contributed by atoms with Crippen molar-refractivity contribution in [1.82, 2.24) is 10.3 Å². The summed E-state index contributed by atoms with van der Waals surface area (Å²) >= 11 is 0. The molecule has 0 aliphatic heterocycles. The molecule has 0 aliphatic rings. The molecule has 1 amide bonds. The van der Waals surface area contributed by atoms with E-state index < -0.39 is 97.0 Å². The Morgan fingerprint density at radius 3 is 1.64 bits per heavy atom. The molecule has 0 aliphatic carbocycles. The summed E-state index contributed by atoms with van der Waals surface area (Å²) < 4.78 is 0. The van der Waals surface area contributed by atoms with Crippen LogP contribution in [-0.2, 0) is 9.59 Å². The molecule has 0 aromatic carbocycles. The number of hydrogen-bond acceptors (Lipinski definition) is 17. The van der Waals surface area contributed by atoms with Gasteiger partial charge in [-0.2, -0.15) is 0 Å². The second-order valence-corrected chi connectivity index (χ2v) is 22.2. The number of Topliss-reactive ketones (excluding diaryl/α,β-unsaturated/α-hetero) is 1. The van der Waals surface area contributed by atoms with Gasteiger partial charge in [-0.15, -0.1) is 0 Å². The predicted molar refractivity (Wildman–Crippen MR) is 348 cm³/mol. The number of guanidine groups is 1. The van der Waals surface area contributed by atoms with Crippen molar-refractivity contribution in [2.24, 2.45) is 28.5 Å². The lowest BCUT2D eigenvalue weighted by atomic mass is 9.88. The van der Waals surface area contributed by atoms with Crippen LogP contribution in [0, 0.1) is 17.8 Å². The Kier molecular flexibility index (Phi) is 44.4. The Hall–Kier alpha value is -6.63. The summed E-state index contributed by atoms with van der Waals surface area (Å²) in [5, 5.41) is 137. The van der Waals surface area contributed by atoms with Crippen LogP contribution >= 0.6 is 0 Å². The normalized spacial score (nSPS) is 18.6. The minimum atomic E-state index is -1.18. The van der Waals surface area contributed by atoms with Gasteiger partial charge in [0.2, 0.25) is 0 Å². The zero-order valence-electron chi connectivity index (χ0n) is 52.0. The standard InChI is InChI=1S/C69H102N4O16/c1-49(29-19-15-11-10-12-16-20-30-50(2)68(88)89)66(86)52(4)64(84)40-22-18-14-9-7-5-6-8-13-17-21-39-63(83)51(3)65(85)48-61(82)47-58(79)36-27-35-57(78)46-60(81)45-56(77)34-26-33-54(75)43-53(74)31-25-32-55(76)44-59(80)37-28-42-72-69(70)73-67(87)62-38-23-24-41-71-62/h5-10,12-14,16-27,29-31,34,36,38,40-41,49,51-61,63-64,66,74-84,86H,11,15,28,32-33,35,37,39,42-48H2,1-4H3,(H,88,89)(H3,70,72,73,87). The summed E-state index contributed by atoms with van der Waals surface area (Å²) in [6.07, 6.45) is 34.8. The smallest absolute Gasteiger partial charge is 0.331 e. The maximum atomic E-state index is 12.8. The highest BCUT2D eigenvalue weighted by Gasteiger charge is 2.26. The van der Waals surface area contributed by atoms with E-state index in [1.54, 1.807) is 92.8 Å². The van der Waals surface area contributed by atoms with E-state index in [1.165, 1.54) is 55.6 Å². The minimum Gasteiger partial charge on any atom is -0.478 e. The maximum Gasteiger partial charge on any atom is 0.331 e. The molecule has 0 bridgehead atoms. The van der Waals surface area contributed by atoms with Gasteiger partial charge in [0.15, 0.2) is 5.96 Å². The van der Waals surface area contributed by atoms with Gasteiger partial charge in [0, 0.05) is 61.8 Å². The summed E-state index contributed by atoms with van der Waals surface area (Å²) in [6, 6.07) is 4.88. The number of hydrogen-bond donors (Lipinski definition) is 15. The number of carboxylic acids is 1. The first kappa shape index (κ1) is 80.4. The highest BCUT2D eigenvalue weighted by Crippen LogP contribution is 2.20. The van der Waals surface area contributed by atoms with Gasteiger partial charge in [-0.3, -0.25) is 24.9 Å². The van der Waals surface area contributed by atoms with Crippen molar-refractivity contribution in [2.75, 3.05) is 6.54 Å². The van der Waals surface area contributed by atoms with E-state index in [1.807, 2.05) is 55.5 Å². The van der Waals surface area contributed by atoms with Crippen LogP contribution in [0.1, 0.15) is 128 Å². The van der Waals surface area contributed by atoms with E-state index >= 15 is 0 Å². The highest BCUT2D eigenvalue weighted by molar-refractivity contribution is 6.04. The second kappa shape index (κ2) is 49.2. The molecule has 20 nitrogen and oxygen atoms in total. The molecule has 0 saturated heterocycles. The third kappa shape index (κ3) is 42.1. The Labute approximate surface area is 526 Å². The lowest BCUT2D eigenvalue weighted by molar-refractivity contribution is -0.132. The van der Waals surface area contributed by atoms with Crippen molar-refractivity contribution in [3.63, 3.8) is 0 Å². The number of aliphatic imine (C=N–C) groups is 1. The number of pyridine rings is 1. The zero-order valence-corrected chi connectivity index (χ0v) is 52.0. The van der Waals surface area contributed by atoms with Gasteiger partial charge in [0.25, 0.3) is 5.91 Å². The number of rotatable bonds is 46. The zero-order chi connectivity index (χ0) is 66.4. The molecule has 0 fully saturated rings. The highest BCUT2D eigenvalue weighted by atomic mass is 16.4. The molecule has 494 valence electrons. The fraction of sp³-hybridized carbons (Fsp3) is 0.493. The number of carboxylic acid groups (broad SMARTS) is 1. The molecule has 0 saturated carbocycles. The van der Waals surface area contributed by atoms with Gasteiger partial charge in [-0.25, -0.2) is 4.79 Å². The van der Waals surface area contributed by atoms with Crippen LogP contribution in [0.3, 0.4) is 0 Å². The number of aliphatic carboxylic acids is 1. The fourth-order valence-electron chi connectivity index (χ4n) is 8.52. The van der Waals surface area contributed by atoms with Gasteiger partial charge < -0.3 is 72.1 Å². The third-order valence-electron chi connectivity index (χ3n) is 14.0. The number of nitrogens with two attached hydrogens (primary N) is 1. The first-order chi connectivity index (χ1) is 42.4. The van der Waals surface area contributed by atoms with E-state index in [0.29, 0.717) is 12.8 Å². The number of aliphatic hydroxyl groups is 12. The van der Waals surface area contributed by atoms with Crippen molar-refractivity contribution < 1.29 is 80.8 Å². The molecular formula is C69H102N4O16. The summed E-state index contributed by atoms with van der Waals surface area (Å²) in [6.45, 7) is 7.05. The number of ketones is 1. The van der Waals surface area contributed by atoms with E-state index in [2.05, 4.69) is 15.3 Å². The van der Waals surface area contributed by atoms with Crippen molar-refractivity contribution in [3.8, 4) is 0 Å². The Morgan fingerprint density at radius 1 is 0.562 bits per heavy atom. The van der Waals surface area contributed by atoms with Crippen molar-refractivity contribution >= 4 is 23.6 Å². The molecule has 0 radical (unpaired) electrons. The Balaban J connectivity index is 2.29. The summed E-state index contributed by atoms with van der Waals surface area (Å²) in [7, 11) is 0. The monoisotopic (exact) mass is 1240 g/mol. The van der Waals surface area contributed by atoms with Gasteiger partial charge in [-0.1, -0.05) is 179 Å². The van der Waals surface area contributed by atoms with E-state index in [-0.39, 0.29) is 99.7 Å². The van der Waals surface area contributed by atoms with E-state index in [4.69, 9.17) is 10.8 Å². The van der Waals surface area contributed by atoms with Crippen molar-refractivity contribution in [1.29, 1.82) is 0 Å². The molecule has 1 rings (SSSR count). The molecule has 20 heteroatoms. The molecule has 16 N–H and O–H groups in total. The number of nitrogens with zero attached hydrogens (tertiary/aromatic N) is 2. The second-order valence-electron chi connectivity index (χ2n) is 22.2. The summed E-state index contributed by atoms with van der Waals surface area (Å²) in [5.41, 5.74) is 6.20. The SMILES string of the molecule is CC(=CC=CC=CCCC=CC(C)C(O)C(C)C(O)C=CC=CC=CC=CC=CC=CCC(O)C(C)C(=O)CC(O)CC(O)C=CCC(O)CC(O)CC(O)C=CCC(O)CC(O)C=CCC(O)CC(O)CCCN=C(N)NC(=O)c1ccccn1)C(=O)O. The largest absolute Gasteiger partial charge is 0.478 e. The quantitative estimate of drug-likeness (QED) is 0.00875. The molecular weight excluding hydrogens is 1140 g/mol. The topological polar surface area (TPSA) is 377 Å². The van der Waals surface area contributed by atoms with Crippen LogP contribution in [0.15, 0.2) is 187 Å². The lowest BCUT2D eigenvalue weighted by Gasteiger charge is -2.25. The van der Waals surface area contributed by atoms with Crippen molar-refractivity contribution in [3.05, 3.63) is 188 Å². The van der Waals surface area contributed by atoms with E-state index in [9.17, 15) is 75.7 Å². The fourth-order valence-corrected chi connectivity index (χ4v) is 8.52. The molecule has 1 heterocycles. The minimum absolute atomic E-state index is 0.0229. The molecule has 0 spiro atoms. The van der Waals surface area contributed by atoms with Crippen LogP contribution in [0.5, 0.6) is 0 Å². The van der Waals surface area contributed by atoms with Crippen LogP contribution in [0.2, 0.25) is 0 Å². The van der Waals surface area contributed by atoms with Crippen LogP contribution in [0.4, 0.5) is 0 Å². The van der Waals surface area contributed by atoms with Gasteiger partial charge in [0.1, 0.15) is 11.5 Å². The van der Waals surface area contributed by atoms with Gasteiger partial charge in [0.05, 0.1) is 73.2 Å². The third-order valence-corrected chi connectivity index (χ3v) is 14.0. The average molecular weight is 1240 g/mol. The number of aliphatic hydroxyl groups excluding tert-OH is 12. The molecule has 15 unspecified atom stereocenters. The number of nitrogens with one attached hydrogen (secondary N) is 1. The lowest BCUT2D eigenvalue weighted by Crippen LogP contribution is -2.37. The van der Waals surface area contributed by atoms with Gasteiger partial charge in [-0.05, 0) is 83.3 Å². The van der Waals surface area contributed by atoms with E-state index in [0.717, 1.165) is 12.8 Å². The number of amides is 1. The first-order valence-corrected chi connectivity index (χ1v) is 30.5. The van der Waals surface area contributed by atoms with Crippen LogP contribution in [-0.4, -0.2) is 175 Å². The van der Waals surface area contributed by atoms with Crippen molar-refractivity contribution in [2.45, 2.75) is 191 Å². The van der Waals surface area contributed by atoms with Crippen LogP contribution < -0.4 is 11.1 Å². The number of unbranched alkanes of at least 4 members (excludes halogenated alkanes) is 1. The van der Waals surface area contributed by atoms with Gasteiger partial charge >= 0.3 is 5.97 Å². The number of aromatic nitrogens is 1. The average Bonchev–Trinajstić information content (AvgIpc) is 3.70. The molecule has 1 aromatic heterocycles. The maximum absolute atomic E-state index is 12.8. The summed E-state index contributed by atoms with van der Waals surface area (Å²) in [5.74, 6) is -3.20. The Morgan fingerprint density at radius 2 is 1.07 bits per heavy atom. The number of carbonyl (C=O) groups excluding carboxylic acids is 2. The number of carbonyl (C=O) groups is 3. The predicted octanol–water partition coefficient (Wildman–Crippen LogP) is 6.10. The van der Waals surface area contributed by atoms with Crippen LogP contribution in [0.25, 0.3) is 0 Å². The number of allylic oxidation sites excluding steroid dienone is 16. The summed E-state index contributed by atoms with van der Waals surface area (Å²) in [4.78, 5) is 43.7. The Bertz CT molecular complexity index is 2570.